The van der Waals surface area contributed by atoms with Crippen LogP contribution in [0.3, 0.4) is 0 Å². The molecule has 29 heavy (non-hydrogen) atoms. The summed E-state index contributed by atoms with van der Waals surface area (Å²) < 4.78 is 50.7. The number of amides is 1. The fourth-order valence-electron chi connectivity index (χ4n) is 2.63. The Morgan fingerprint density at radius 2 is 1.93 bits per heavy atom. The minimum Gasteiger partial charge on any atom is -0.378 e. The number of morpholine rings is 1. The Balaban J connectivity index is 1.51. The average Bonchev–Trinajstić information content (AvgIpc) is 3.40. The zero-order chi connectivity index (χ0) is 20.4. The zero-order valence-electron chi connectivity index (χ0n) is 14.9. The molecular formula is C17H15FN4O5S2. The van der Waals surface area contributed by atoms with Crippen molar-refractivity contribution < 1.29 is 26.9 Å². The number of nitrogens with zero attached hydrogens (tertiary/aromatic N) is 3. The van der Waals surface area contributed by atoms with E-state index in [0.29, 0.717) is 31.9 Å². The molecule has 1 saturated heterocycles. The molecule has 0 aliphatic carbocycles. The molecule has 2 aromatic heterocycles. The van der Waals surface area contributed by atoms with E-state index in [1.807, 2.05) is 0 Å². The molecule has 0 radical (unpaired) electrons. The second-order valence-corrected chi connectivity index (χ2v) is 8.91. The number of ether oxygens (including phenoxy) is 1. The van der Waals surface area contributed by atoms with Crippen molar-refractivity contribution in [2.24, 2.45) is 0 Å². The van der Waals surface area contributed by atoms with Gasteiger partial charge in [-0.05, 0) is 30.3 Å². The highest BCUT2D eigenvalue weighted by molar-refractivity contribution is 7.94. The SMILES string of the molecule is O=C(c1nc(-c2csc(S(=O)(=O)Nc3ccc(F)cc3)c2)no1)N1CCOCC1. The van der Waals surface area contributed by atoms with Crippen LogP contribution >= 0.6 is 11.3 Å². The van der Waals surface area contributed by atoms with Gasteiger partial charge >= 0.3 is 11.8 Å². The molecule has 4 rings (SSSR count). The number of carbonyl (C=O) groups is 1. The topological polar surface area (TPSA) is 115 Å². The summed E-state index contributed by atoms with van der Waals surface area (Å²) in [6.45, 7) is 1.76. The molecule has 0 saturated carbocycles. The molecule has 3 heterocycles. The van der Waals surface area contributed by atoms with E-state index in [0.717, 1.165) is 23.5 Å². The maximum absolute atomic E-state index is 13.0. The van der Waals surface area contributed by atoms with Gasteiger partial charge in [0.2, 0.25) is 5.82 Å². The Bertz CT molecular complexity index is 1120. The molecule has 9 nitrogen and oxygen atoms in total. The minimum atomic E-state index is -3.87. The van der Waals surface area contributed by atoms with Gasteiger partial charge in [0, 0.05) is 29.7 Å². The van der Waals surface area contributed by atoms with Gasteiger partial charge in [-0.2, -0.15) is 4.98 Å². The number of benzene rings is 1. The molecule has 152 valence electrons. The highest BCUT2D eigenvalue weighted by Crippen LogP contribution is 2.28. The van der Waals surface area contributed by atoms with Crippen LogP contribution in [0.4, 0.5) is 10.1 Å². The van der Waals surface area contributed by atoms with Crippen molar-refractivity contribution in [1.29, 1.82) is 0 Å². The molecule has 1 N–H and O–H groups in total. The molecule has 0 spiro atoms. The van der Waals surface area contributed by atoms with Crippen molar-refractivity contribution in [2.45, 2.75) is 4.21 Å². The second kappa shape index (κ2) is 7.89. The highest BCUT2D eigenvalue weighted by atomic mass is 32.2. The lowest BCUT2D eigenvalue weighted by atomic mass is 10.3. The minimum absolute atomic E-state index is 0.0164. The number of nitrogens with one attached hydrogen (secondary N) is 1. The van der Waals surface area contributed by atoms with Gasteiger partial charge in [-0.15, -0.1) is 11.3 Å². The van der Waals surface area contributed by atoms with Crippen molar-refractivity contribution in [1.82, 2.24) is 15.0 Å². The standard InChI is InChI=1S/C17H15FN4O5S2/c18-12-1-3-13(4-2-12)21-29(24,25)14-9-11(10-28-14)15-19-16(27-20-15)17(23)22-5-7-26-8-6-22/h1-4,9-10,21H,5-8H2. The molecule has 1 aliphatic heterocycles. The van der Waals surface area contributed by atoms with Crippen molar-refractivity contribution in [2.75, 3.05) is 31.0 Å². The molecule has 0 atom stereocenters. The lowest BCUT2D eigenvalue weighted by molar-refractivity contribution is 0.0272. The molecule has 12 heteroatoms. The molecular weight excluding hydrogens is 423 g/mol. The summed E-state index contributed by atoms with van der Waals surface area (Å²) >= 11 is 0.961. The number of aromatic nitrogens is 2. The molecule has 1 fully saturated rings. The predicted molar refractivity (Wildman–Crippen MR) is 102 cm³/mol. The first kappa shape index (κ1) is 19.5. The van der Waals surface area contributed by atoms with Gasteiger partial charge in [0.1, 0.15) is 10.0 Å². The summed E-state index contributed by atoms with van der Waals surface area (Å²) in [4.78, 5) is 18.0. The average molecular weight is 438 g/mol. The summed E-state index contributed by atoms with van der Waals surface area (Å²) in [5, 5.41) is 5.33. The van der Waals surface area contributed by atoms with Gasteiger partial charge in [-0.3, -0.25) is 9.52 Å². The Morgan fingerprint density at radius 1 is 1.21 bits per heavy atom. The van der Waals surface area contributed by atoms with E-state index in [1.54, 1.807) is 10.3 Å². The van der Waals surface area contributed by atoms with Gasteiger partial charge in [-0.1, -0.05) is 5.16 Å². The second-order valence-electron chi connectivity index (χ2n) is 6.09. The number of sulfonamides is 1. The Labute approximate surface area is 169 Å². The lowest BCUT2D eigenvalue weighted by Gasteiger charge is -2.25. The molecule has 0 bridgehead atoms. The number of hydrogen-bond donors (Lipinski definition) is 1. The largest absolute Gasteiger partial charge is 0.378 e. The maximum Gasteiger partial charge on any atom is 0.316 e. The molecule has 0 unspecified atom stereocenters. The van der Waals surface area contributed by atoms with E-state index in [9.17, 15) is 17.6 Å². The molecule has 3 aromatic rings. The van der Waals surface area contributed by atoms with Crippen LogP contribution in [0.5, 0.6) is 0 Å². The third-order valence-corrected chi connectivity index (χ3v) is 6.92. The van der Waals surface area contributed by atoms with Crippen LogP contribution in [0, 0.1) is 5.82 Å². The third kappa shape index (κ3) is 4.28. The first-order valence-electron chi connectivity index (χ1n) is 8.50. The van der Waals surface area contributed by atoms with Gasteiger partial charge in [-0.25, -0.2) is 12.8 Å². The Morgan fingerprint density at radius 3 is 2.66 bits per heavy atom. The van der Waals surface area contributed by atoms with Crippen LogP contribution in [0.15, 0.2) is 44.4 Å². The predicted octanol–water partition coefficient (Wildman–Crippen LogP) is 2.21. The van der Waals surface area contributed by atoms with E-state index in [-0.39, 0.29) is 21.6 Å². The quantitative estimate of drug-likeness (QED) is 0.649. The van der Waals surface area contributed by atoms with Crippen molar-refractivity contribution >= 4 is 33.0 Å². The van der Waals surface area contributed by atoms with Crippen LogP contribution in [0.1, 0.15) is 10.7 Å². The Hall–Kier alpha value is -2.83. The third-order valence-electron chi connectivity index (χ3n) is 4.10. The van der Waals surface area contributed by atoms with Crippen molar-refractivity contribution in [3.63, 3.8) is 0 Å². The Kier molecular flexibility index (Phi) is 5.30. The lowest BCUT2D eigenvalue weighted by Crippen LogP contribution is -2.40. The number of anilines is 1. The fraction of sp³-hybridized carbons (Fsp3) is 0.235. The van der Waals surface area contributed by atoms with Crippen LogP contribution in [-0.4, -0.2) is 55.7 Å². The summed E-state index contributed by atoms with van der Waals surface area (Å²) in [6, 6.07) is 6.34. The zero-order valence-corrected chi connectivity index (χ0v) is 16.5. The maximum atomic E-state index is 13.0. The fourth-order valence-corrected chi connectivity index (χ4v) is 4.84. The van der Waals surface area contributed by atoms with Gasteiger partial charge in [0.15, 0.2) is 0 Å². The van der Waals surface area contributed by atoms with E-state index >= 15 is 0 Å². The monoisotopic (exact) mass is 438 g/mol. The van der Waals surface area contributed by atoms with E-state index < -0.39 is 21.7 Å². The number of thiophene rings is 1. The summed E-state index contributed by atoms with van der Waals surface area (Å²) in [5.41, 5.74) is 0.638. The molecule has 1 aliphatic rings. The van der Waals surface area contributed by atoms with Crippen LogP contribution in [0.2, 0.25) is 0 Å². The smallest absolute Gasteiger partial charge is 0.316 e. The first-order chi connectivity index (χ1) is 13.9. The summed E-state index contributed by atoms with van der Waals surface area (Å²) in [5.74, 6) is -0.915. The summed E-state index contributed by atoms with van der Waals surface area (Å²) in [7, 11) is -3.87. The van der Waals surface area contributed by atoms with Gasteiger partial charge in [0.25, 0.3) is 10.0 Å². The highest BCUT2D eigenvalue weighted by Gasteiger charge is 2.25. The van der Waals surface area contributed by atoms with Crippen LogP contribution in [0.25, 0.3) is 11.4 Å². The molecule has 1 amide bonds. The first-order valence-corrected chi connectivity index (χ1v) is 10.9. The molecule has 1 aromatic carbocycles. The summed E-state index contributed by atoms with van der Waals surface area (Å²) in [6.07, 6.45) is 0. The van der Waals surface area contributed by atoms with Crippen molar-refractivity contribution in [3.8, 4) is 11.4 Å². The van der Waals surface area contributed by atoms with E-state index in [4.69, 9.17) is 9.26 Å². The van der Waals surface area contributed by atoms with Gasteiger partial charge in [0.05, 0.1) is 13.2 Å². The van der Waals surface area contributed by atoms with Crippen molar-refractivity contribution in [3.05, 3.63) is 47.4 Å². The number of hydrogen-bond acceptors (Lipinski definition) is 8. The van der Waals surface area contributed by atoms with Gasteiger partial charge < -0.3 is 14.2 Å². The number of rotatable bonds is 5. The van der Waals surface area contributed by atoms with E-state index in [1.165, 1.54) is 18.2 Å². The normalized spacial score (nSPS) is 14.7. The number of halogens is 1. The number of carbonyl (C=O) groups excluding carboxylic acids is 1. The van der Waals surface area contributed by atoms with Crippen LogP contribution < -0.4 is 4.72 Å². The van der Waals surface area contributed by atoms with Crippen LogP contribution in [-0.2, 0) is 14.8 Å². The van der Waals surface area contributed by atoms with E-state index in [2.05, 4.69) is 14.9 Å².